The van der Waals surface area contributed by atoms with Crippen molar-refractivity contribution < 1.29 is 24.1 Å². The predicted molar refractivity (Wildman–Crippen MR) is 99.9 cm³/mol. The minimum absolute atomic E-state index is 0.262. The maximum absolute atomic E-state index is 10.8. The molecule has 5 atom stereocenters. The molecule has 1 aromatic carbocycles. The van der Waals surface area contributed by atoms with E-state index in [-0.39, 0.29) is 11.5 Å². The number of hydrogen-bond acceptors (Lipinski definition) is 6. The normalized spacial score (nSPS) is 36.4. The summed E-state index contributed by atoms with van der Waals surface area (Å²) >= 11 is 0. The first-order valence-corrected chi connectivity index (χ1v) is 9.65. The average molecular weight is 373 g/mol. The van der Waals surface area contributed by atoms with Gasteiger partial charge in [0.05, 0.1) is 19.6 Å². The molecule has 0 aromatic heterocycles. The van der Waals surface area contributed by atoms with Crippen molar-refractivity contribution in [1.82, 2.24) is 4.90 Å². The van der Waals surface area contributed by atoms with Crippen molar-refractivity contribution in [2.75, 3.05) is 34.9 Å². The predicted octanol–water partition coefficient (Wildman–Crippen LogP) is 1.67. The summed E-state index contributed by atoms with van der Waals surface area (Å²) in [5.41, 5.74) is 3.51. The number of rotatable bonds is 3. The lowest BCUT2D eigenvalue weighted by Gasteiger charge is -2.51. The van der Waals surface area contributed by atoms with E-state index in [1.54, 1.807) is 21.3 Å². The van der Waals surface area contributed by atoms with Crippen molar-refractivity contribution in [3.63, 3.8) is 0 Å². The van der Waals surface area contributed by atoms with Crippen LogP contribution in [0.4, 0.5) is 0 Å². The van der Waals surface area contributed by atoms with Gasteiger partial charge in [-0.15, -0.1) is 0 Å². The Balaban J connectivity index is 1.84. The maximum atomic E-state index is 10.8. The molecule has 0 radical (unpaired) electrons. The topological polar surface area (TPSA) is 60.4 Å². The van der Waals surface area contributed by atoms with E-state index in [0.717, 1.165) is 31.6 Å². The average Bonchev–Trinajstić information content (AvgIpc) is 2.95. The van der Waals surface area contributed by atoms with E-state index < -0.39 is 12.2 Å². The summed E-state index contributed by atoms with van der Waals surface area (Å²) < 4.78 is 23.6. The zero-order chi connectivity index (χ0) is 18.9. The molecule has 146 valence electrons. The number of aliphatic hydroxyl groups is 1. The molecule has 1 spiro atoms. The van der Waals surface area contributed by atoms with Gasteiger partial charge in [0.15, 0.2) is 11.5 Å². The molecule has 1 fully saturated rings. The summed E-state index contributed by atoms with van der Waals surface area (Å²) in [4.78, 5) is 2.41. The number of methoxy groups -OCH3 is 3. The largest absolute Gasteiger partial charge is 0.493 e. The molecule has 6 nitrogen and oxygen atoms in total. The maximum Gasteiger partial charge on any atom is 0.203 e. The Morgan fingerprint density at radius 2 is 2.07 bits per heavy atom. The van der Waals surface area contributed by atoms with Gasteiger partial charge in [-0.25, -0.2) is 0 Å². The van der Waals surface area contributed by atoms with E-state index in [4.69, 9.17) is 18.9 Å². The molecule has 2 aliphatic heterocycles. The van der Waals surface area contributed by atoms with Crippen LogP contribution in [-0.2, 0) is 16.6 Å². The van der Waals surface area contributed by atoms with Gasteiger partial charge in [0.25, 0.3) is 0 Å². The molecule has 6 heteroatoms. The first-order chi connectivity index (χ1) is 13.1. The van der Waals surface area contributed by atoms with E-state index >= 15 is 0 Å². The molecule has 0 amide bonds. The molecule has 27 heavy (non-hydrogen) atoms. The second-order valence-corrected chi connectivity index (χ2v) is 8.08. The second-order valence-electron chi connectivity index (χ2n) is 8.08. The number of likely N-dealkylation sites (N-methyl/N-ethyl adjacent to an activating group) is 1. The van der Waals surface area contributed by atoms with Crippen molar-refractivity contribution in [1.29, 1.82) is 0 Å². The highest BCUT2D eigenvalue weighted by Crippen LogP contribution is 2.63. The third-order valence-corrected chi connectivity index (χ3v) is 7.09. The highest BCUT2D eigenvalue weighted by molar-refractivity contribution is 5.68. The van der Waals surface area contributed by atoms with Crippen molar-refractivity contribution in [3.8, 4) is 17.2 Å². The van der Waals surface area contributed by atoms with Crippen molar-refractivity contribution in [2.45, 2.75) is 49.0 Å². The lowest BCUT2D eigenvalue weighted by Crippen LogP contribution is -2.61. The molecule has 2 aliphatic carbocycles. The van der Waals surface area contributed by atoms with E-state index in [9.17, 15) is 5.11 Å². The van der Waals surface area contributed by atoms with Crippen LogP contribution in [0, 0.1) is 0 Å². The molecule has 1 aromatic rings. The number of piperidine rings is 1. The number of nitrogens with zero attached hydrogens (tertiary/aromatic N) is 1. The van der Waals surface area contributed by atoms with Crippen LogP contribution < -0.4 is 14.2 Å². The van der Waals surface area contributed by atoms with E-state index in [1.165, 1.54) is 16.7 Å². The lowest BCUT2D eigenvalue weighted by molar-refractivity contribution is -0.0850. The van der Waals surface area contributed by atoms with Crippen LogP contribution in [-0.4, -0.2) is 69.3 Å². The molecule has 2 heterocycles. The fourth-order valence-corrected chi connectivity index (χ4v) is 5.94. The molecular formula is C21H27NO5. The first-order valence-electron chi connectivity index (χ1n) is 9.65. The SMILES string of the molecule is COc1cc2c3c(c1OC)O[C@@H]1[C@@H](OC)[C@@H](O)C=C4[C@H](CC2)N(C)CC[C@@]431. The zero-order valence-electron chi connectivity index (χ0n) is 16.3. The Hall–Kier alpha value is -1.76. The highest BCUT2D eigenvalue weighted by Gasteiger charge is 2.63. The van der Waals surface area contributed by atoms with Gasteiger partial charge in [-0.2, -0.15) is 0 Å². The molecule has 1 N–H and O–H groups in total. The van der Waals surface area contributed by atoms with E-state index in [1.807, 2.05) is 6.08 Å². The minimum Gasteiger partial charge on any atom is -0.493 e. The monoisotopic (exact) mass is 373 g/mol. The first kappa shape index (κ1) is 17.3. The van der Waals surface area contributed by atoms with Crippen LogP contribution in [0.2, 0.25) is 0 Å². The van der Waals surface area contributed by atoms with Crippen LogP contribution >= 0.6 is 0 Å². The van der Waals surface area contributed by atoms with Crippen LogP contribution in [0.3, 0.4) is 0 Å². The summed E-state index contributed by atoms with van der Waals surface area (Å²) in [6.07, 6.45) is 3.59. The fraction of sp³-hybridized carbons (Fsp3) is 0.619. The molecular weight excluding hydrogens is 346 g/mol. The number of benzene rings is 1. The van der Waals surface area contributed by atoms with Crippen LogP contribution in [0.5, 0.6) is 17.2 Å². The second kappa shape index (κ2) is 5.87. The lowest BCUT2D eigenvalue weighted by atomic mass is 9.60. The van der Waals surface area contributed by atoms with Crippen molar-refractivity contribution in [3.05, 3.63) is 28.8 Å². The Morgan fingerprint density at radius 1 is 1.26 bits per heavy atom. The van der Waals surface area contributed by atoms with E-state index in [2.05, 4.69) is 18.0 Å². The van der Waals surface area contributed by atoms with E-state index in [0.29, 0.717) is 17.5 Å². The van der Waals surface area contributed by atoms with Gasteiger partial charge in [0.1, 0.15) is 18.3 Å². The number of likely N-dealkylation sites (tertiary alicyclic amines) is 1. The smallest absolute Gasteiger partial charge is 0.203 e. The molecule has 2 bridgehead atoms. The van der Waals surface area contributed by atoms with Crippen molar-refractivity contribution in [2.24, 2.45) is 0 Å². The van der Waals surface area contributed by atoms with Crippen LogP contribution in [0.25, 0.3) is 0 Å². The van der Waals surface area contributed by atoms with Gasteiger partial charge in [-0.3, -0.25) is 4.90 Å². The summed E-state index contributed by atoms with van der Waals surface area (Å²) in [7, 11) is 7.14. The number of hydrogen-bond donors (Lipinski definition) is 1. The summed E-state index contributed by atoms with van der Waals surface area (Å²) in [6.45, 7) is 0.988. The van der Waals surface area contributed by atoms with Gasteiger partial charge in [0, 0.05) is 18.7 Å². The third-order valence-electron chi connectivity index (χ3n) is 7.09. The standard InChI is InChI=1S/C21H27NO5/c1-22-8-7-21-12-10-14(23)17(25-3)20(21)27-19-16(21)11(5-6-13(12)22)9-15(24-2)18(19)26-4/h9-10,13-14,17,20,23H,5-8H2,1-4H3/t13-,14-,17-,20+,21+/m0/s1. The summed E-state index contributed by atoms with van der Waals surface area (Å²) in [6, 6.07) is 2.41. The number of aryl methyl sites for hydroxylation is 1. The Morgan fingerprint density at radius 3 is 2.78 bits per heavy atom. The quantitative estimate of drug-likeness (QED) is 0.814. The van der Waals surface area contributed by atoms with Gasteiger partial charge in [0.2, 0.25) is 5.75 Å². The molecule has 0 saturated carbocycles. The Bertz CT molecular complexity index is 821. The molecule has 5 rings (SSSR count). The molecule has 0 unspecified atom stereocenters. The number of ether oxygens (including phenoxy) is 4. The molecule has 1 saturated heterocycles. The Kier molecular flexibility index (Phi) is 3.77. The zero-order valence-corrected chi connectivity index (χ0v) is 16.3. The third kappa shape index (κ3) is 2.01. The highest BCUT2D eigenvalue weighted by atomic mass is 16.6. The minimum atomic E-state index is -0.680. The van der Waals surface area contributed by atoms with Crippen LogP contribution in [0.1, 0.15) is 24.0 Å². The van der Waals surface area contributed by atoms with Gasteiger partial charge >= 0.3 is 0 Å². The number of aliphatic hydroxyl groups excluding tert-OH is 1. The van der Waals surface area contributed by atoms with Crippen molar-refractivity contribution >= 4 is 0 Å². The molecule has 4 aliphatic rings. The van der Waals surface area contributed by atoms with Crippen LogP contribution in [0.15, 0.2) is 17.7 Å². The van der Waals surface area contributed by atoms with Gasteiger partial charge in [-0.1, -0.05) is 6.08 Å². The van der Waals surface area contributed by atoms with Gasteiger partial charge < -0.3 is 24.1 Å². The summed E-state index contributed by atoms with van der Waals surface area (Å²) in [5.74, 6) is 2.11. The summed E-state index contributed by atoms with van der Waals surface area (Å²) in [5, 5.41) is 10.8. The Labute approximate surface area is 159 Å². The van der Waals surface area contributed by atoms with Gasteiger partial charge in [-0.05, 0) is 50.1 Å². The fourth-order valence-electron chi connectivity index (χ4n) is 5.94.